The molecule has 15 rings (SSSR count). The summed E-state index contributed by atoms with van der Waals surface area (Å²) in [7, 11) is 4.25. The third-order valence-electron chi connectivity index (χ3n) is 22.1. The minimum absolute atomic E-state index is 0.113. The predicted molar refractivity (Wildman–Crippen MR) is 389 cm³/mol. The highest BCUT2D eigenvalue weighted by Gasteiger charge is 2.54. The molecule has 2 fully saturated rings. The Morgan fingerprint density at radius 2 is 0.840 bits per heavy atom. The van der Waals surface area contributed by atoms with Crippen molar-refractivity contribution < 1.29 is 19.0 Å². The van der Waals surface area contributed by atoms with E-state index in [2.05, 4.69) is 273 Å². The van der Waals surface area contributed by atoms with E-state index in [9.17, 15) is 20.2 Å². The number of nitro groups is 2. The molecule has 0 radical (unpaired) electrons. The summed E-state index contributed by atoms with van der Waals surface area (Å²) in [6.07, 6.45) is 25.8. The molecule has 2 aliphatic carbocycles. The maximum Gasteiger partial charge on any atom is 0.284 e. The van der Waals surface area contributed by atoms with Gasteiger partial charge in [0.2, 0.25) is 11.4 Å². The Morgan fingerprint density at radius 1 is 0.468 bits per heavy atom. The Morgan fingerprint density at radius 3 is 1.22 bits per heavy atom. The number of rotatable bonds is 14. The Kier molecular flexibility index (Phi) is 15.8. The van der Waals surface area contributed by atoms with Crippen LogP contribution in [-0.2, 0) is 47.6 Å². The average Bonchev–Trinajstić information content (AvgIpc) is 1.58. The van der Waals surface area contributed by atoms with Crippen LogP contribution in [0.25, 0.3) is 21.5 Å². The van der Waals surface area contributed by atoms with Crippen LogP contribution in [0.5, 0.6) is 0 Å². The lowest BCUT2D eigenvalue weighted by atomic mass is 9.67. The summed E-state index contributed by atoms with van der Waals surface area (Å²) in [4.78, 5) is 29.5. The molecule has 0 aromatic heterocycles. The van der Waals surface area contributed by atoms with Crippen molar-refractivity contribution in [2.75, 3.05) is 23.9 Å². The van der Waals surface area contributed by atoms with Gasteiger partial charge in [-0.05, 0) is 163 Å². The fraction of sp³-hybridized carbons (Fsp3) is 0.268. The van der Waals surface area contributed by atoms with Gasteiger partial charge in [0.25, 0.3) is 11.4 Å². The minimum atomic E-state index is -0.438. The van der Waals surface area contributed by atoms with E-state index < -0.39 is 10.8 Å². The average molecular weight is 1370 g/mol. The molecule has 2 unspecified atom stereocenters. The number of hydrogen-bond donors (Lipinski definition) is 0. The topological polar surface area (TPSA) is 98.8 Å². The van der Waals surface area contributed by atoms with E-state index in [4.69, 9.17) is 0 Å². The molecule has 4 heterocycles. The lowest BCUT2D eigenvalue weighted by Gasteiger charge is -2.32. The van der Waals surface area contributed by atoms with Crippen molar-refractivity contribution in [3.05, 3.63) is 304 Å². The molecule has 0 bridgehead atoms. The monoisotopic (exact) mass is 1370 g/mol. The van der Waals surface area contributed by atoms with Gasteiger partial charge in [0.05, 0.1) is 20.7 Å². The summed E-state index contributed by atoms with van der Waals surface area (Å²) in [5, 5.41) is 29.8. The van der Waals surface area contributed by atoms with E-state index in [0.29, 0.717) is 22.0 Å². The Bertz CT molecular complexity index is 4490. The predicted octanol–water partition coefficient (Wildman–Crippen LogP) is 20.5. The zero-order valence-electron chi connectivity index (χ0n) is 53.8. The van der Waals surface area contributed by atoms with Crippen LogP contribution in [0.1, 0.15) is 123 Å². The minimum Gasteiger partial charge on any atom is -0.339 e. The molecule has 0 N–H and O–H groups in total. The second-order valence-corrected chi connectivity index (χ2v) is 29.2. The first kappa shape index (κ1) is 61.3. The molecule has 470 valence electrons. The highest BCUT2D eigenvalue weighted by Crippen LogP contribution is 2.57. The van der Waals surface area contributed by atoms with E-state index in [1.165, 1.54) is 89.1 Å². The molecule has 2 saturated carbocycles. The summed E-state index contributed by atoms with van der Waals surface area (Å²) < 4.78 is 5.56. The summed E-state index contributed by atoms with van der Waals surface area (Å²) in [5.74, 6) is 0. The SMILES string of the molecule is C[N+]1=C(/C=C/C=C2/N(Cc3ccc(CN4/C(=C/C=C/C5=[N+](C)c6cc(Br)c([N+](=O)[O-])cc6C56CCCCC6)C(C)(Cc5ccccc5)c5c4ccc4ccccc54)cc3)c3ccc4ccccc4c3C2(C)Cc2ccccc2)C2(CCCCC2)c2cc([N+](=O)[O-])c(Br)cc21. The highest BCUT2D eigenvalue weighted by molar-refractivity contribution is 9.11. The van der Waals surface area contributed by atoms with Crippen LogP contribution in [0, 0.1) is 20.2 Å². The highest BCUT2D eigenvalue weighted by atomic mass is 79.9. The van der Waals surface area contributed by atoms with Crippen LogP contribution in [0.3, 0.4) is 0 Å². The summed E-state index contributed by atoms with van der Waals surface area (Å²) in [5.41, 5.74) is 17.7. The molecule has 2 spiro atoms. The van der Waals surface area contributed by atoms with Crippen LogP contribution in [-0.4, -0.2) is 44.5 Å². The maximum absolute atomic E-state index is 12.4. The summed E-state index contributed by atoms with van der Waals surface area (Å²) in [6, 6.07) is 65.7. The molecule has 10 nitrogen and oxygen atoms in total. The molecule has 2 atom stereocenters. The van der Waals surface area contributed by atoms with Crippen LogP contribution < -0.4 is 9.80 Å². The summed E-state index contributed by atoms with van der Waals surface area (Å²) in [6.45, 7) is 6.16. The second kappa shape index (κ2) is 24.2. The van der Waals surface area contributed by atoms with E-state index in [0.717, 1.165) is 99.6 Å². The lowest BCUT2D eigenvalue weighted by molar-refractivity contribution is -0.402. The number of hydrogen-bond acceptors (Lipinski definition) is 6. The zero-order chi connectivity index (χ0) is 64.7. The molecule has 94 heavy (non-hydrogen) atoms. The van der Waals surface area contributed by atoms with Gasteiger partial charge in [0.1, 0.15) is 23.0 Å². The first-order valence-electron chi connectivity index (χ1n) is 33.3. The molecule has 6 aliphatic rings. The Hall–Kier alpha value is -8.84. The van der Waals surface area contributed by atoms with Crippen molar-refractivity contribution in [2.45, 2.75) is 126 Å². The van der Waals surface area contributed by atoms with E-state index >= 15 is 0 Å². The normalized spacial score (nSPS) is 21.1. The molecule has 9 aromatic carbocycles. The van der Waals surface area contributed by atoms with Crippen LogP contribution in [0.15, 0.2) is 239 Å². The zero-order valence-corrected chi connectivity index (χ0v) is 56.9. The number of allylic oxidation sites excluding steroid dienone is 8. The van der Waals surface area contributed by atoms with Gasteiger partial charge < -0.3 is 9.80 Å². The quantitative estimate of drug-likeness (QED) is 0.0611. The Balaban J connectivity index is 0.822. The number of nitro benzene ring substituents is 2. The number of benzene rings is 9. The fourth-order valence-corrected chi connectivity index (χ4v) is 18.8. The molecule has 4 aliphatic heterocycles. The molecule has 9 aromatic rings. The van der Waals surface area contributed by atoms with Gasteiger partial charge >= 0.3 is 0 Å². The number of anilines is 2. The summed E-state index contributed by atoms with van der Waals surface area (Å²) >= 11 is 7.14. The first-order chi connectivity index (χ1) is 45.6. The van der Waals surface area contributed by atoms with Gasteiger partial charge in [0.15, 0.2) is 11.4 Å². The van der Waals surface area contributed by atoms with Crippen molar-refractivity contribution in [3.8, 4) is 0 Å². The third kappa shape index (κ3) is 10.2. The van der Waals surface area contributed by atoms with Crippen molar-refractivity contribution in [1.29, 1.82) is 0 Å². The molecule has 12 heteroatoms. The third-order valence-corrected chi connectivity index (χ3v) is 23.4. The lowest BCUT2D eigenvalue weighted by Crippen LogP contribution is -2.36. The van der Waals surface area contributed by atoms with Crippen molar-refractivity contribution in [2.24, 2.45) is 0 Å². The smallest absolute Gasteiger partial charge is 0.284 e. The van der Waals surface area contributed by atoms with Gasteiger partial charge in [-0.2, -0.15) is 9.15 Å². The molecular weight excluding hydrogens is 1290 g/mol. The first-order valence-corrected chi connectivity index (χ1v) is 34.9. The van der Waals surface area contributed by atoms with Gasteiger partial charge in [-0.1, -0.05) is 196 Å². The number of halogens is 2. The van der Waals surface area contributed by atoms with Gasteiger partial charge in [-0.25, -0.2) is 0 Å². The van der Waals surface area contributed by atoms with Crippen LogP contribution in [0.4, 0.5) is 34.1 Å². The number of nitrogens with zero attached hydrogens (tertiary/aromatic N) is 6. The fourth-order valence-electron chi connectivity index (χ4n) is 17.9. The van der Waals surface area contributed by atoms with Crippen molar-refractivity contribution in [1.82, 2.24) is 0 Å². The van der Waals surface area contributed by atoms with Crippen molar-refractivity contribution >= 4 is 99.0 Å². The molecular formula is C82H76Br2N6O4+2. The van der Waals surface area contributed by atoms with Gasteiger partial charge in [0, 0.05) is 94.2 Å². The molecule has 0 amide bonds. The Labute approximate surface area is 567 Å². The van der Waals surface area contributed by atoms with Gasteiger partial charge in [-0.15, -0.1) is 0 Å². The van der Waals surface area contributed by atoms with E-state index in [1.807, 2.05) is 24.3 Å². The van der Waals surface area contributed by atoms with Gasteiger partial charge in [-0.3, -0.25) is 20.2 Å². The van der Waals surface area contributed by atoms with E-state index in [1.54, 1.807) is 0 Å². The number of fused-ring (bicyclic) bond motifs is 10. The largest absolute Gasteiger partial charge is 0.339 e. The van der Waals surface area contributed by atoms with Crippen molar-refractivity contribution in [3.63, 3.8) is 0 Å². The van der Waals surface area contributed by atoms with Crippen LogP contribution >= 0.6 is 31.9 Å². The molecule has 0 saturated heterocycles. The standard InChI is InChI=1S/C82H76Br2N6O4/c1-79(51-55-23-9-5-10-24-55)73(31-21-33-75-81(43-17-7-18-44-81)63-47-71(89(91)92)65(83)49-69(63)85(75)3)87(67-41-39-59-27-13-15-29-61(59)77(67)79)53-57-35-37-58(38-36-57)54-88-68-42-40-60-28-14-16-30-62(60)78(68)80(2,52-56-25-11-6-12-26-56)74(88)32-22-34-76-82(45-19-8-20-46-82)64-48-72(90(93)94)66(84)50-70(64)86(76)4/h5-6,9-16,21-42,47-50H,7-8,17-20,43-46,51-54H2,1-4H3/q+2. The van der Waals surface area contributed by atoms with E-state index in [-0.39, 0.29) is 32.1 Å². The second-order valence-electron chi connectivity index (χ2n) is 27.5. The maximum atomic E-state index is 12.4. The van der Waals surface area contributed by atoms with Crippen LogP contribution in [0.2, 0.25) is 0 Å².